The number of ether oxygens (including phenoxy) is 2. The Morgan fingerprint density at radius 1 is 1.16 bits per heavy atom. The molecule has 0 amide bonds. The van der Waals surface area contributed by atoms with Crippen LogP contribution in [-0.2, 0) is 9.53 Å². The summed E-state index contributed by atoms with van der Waals surface area (Å²) < 4.78 is 38.9. The second kappa shape index (κ2) is 12.9. The van der Waals surface area contributed by atoms with Crippen LogP contribution >= 0.6 is 0 Å². The van der Waals surface area contributed by atoms with E-state index in [0.717, 1.165) is 0 Å². The summed E-state index contributed by atoms with van der Waals surface area (Å²) in [5, 5.41) is 20.6. The van der Waals surface area contributed by atoms with E-state index in [-0.39, 0.29) is 30.8 Å². The van der Waals surface area contributed by atoms with E-state index in [1.165, 1.54) is 0 Å². The molecular weight excluding hydrogens is 418 g/mol. The Morgan fingerprint density at radius 3 is 2.53 bits per heavy atom. The highest BCUT2D eigenvalue weighted by molar-refractivity contribution is 5.69. The molecule has 1 aliphatic carbocycles. The molecule has 0 spiro atoms. The number of unbranched alkanes of at least 4 members (excludes halogenated alkanes) is 1. The fourth-order valence-electron chi connectivity index (χ4n) is 4.12. The number of carbonyl (C=O) groups is 1. The van der Waals surface area contributed by atoms with Gasteiger partial charge in [-0.15, -0.1) is 0 Å². The van der Waals surface area contributed by atoms with Crippen molar-refractivity contribution in [1.29, 1.82) is 0 Å². The smallest absolute Gasteiger partial charge is 0.306 e. The maximum Gasteiger partial charge on any atom is 0.306 e. The van der Waals surface area contributed by atoms with Crippen LogP contribution in [0.3, 0.4) is 0 Å². The van der Waals surface area contributed by atoms with Gasteiger partial charge in [0.05, 0.1) is 18.3 Å². The number of para-hydroxylation sites is 1. The van der Waals surface area contributed by atoms with Crippen molar-refractivity contribution >= 4 is 5.97 Å². The van der Waals surface area contributed by atoms with Gasteiger partial charge in [-0.25, -0.2) is 8.78 Å². The van der Waals surface area contributed by atoms with Crippen molar-refractivity contribution in [2.24, 2.45) is 11.8 Å². The monoisotopic (exact) mass is 454 g/mol. The van der Waals surface area contributed by atoms with Gasteiger partial charge >= 0.3 is 5.97 Å². The number of alkyl halides is 2. The molecule has 4 atom stereocenters. The highest BCUT2D eigenvalue weighted by atomic mass is 19.3. The Morgan fingerprint density at radius 2 is 1.84 bits per heavy atom. The zero-order valence-electron chi connectivity index (χ0n) is 19.0. The third-order valence-corrected chi connectivity index (χ3v) is 5.75. The van der Waals surface area contributed by atoms with Gasteiger partial charge in [0.15, 0.2) is 6.61 Å². The molecule has 5 nitrogen and oxygen atoms in total. The summed E-state index contributed by atoms with van der Waals surface area (Å²) in [5.74, 6) is -3.51. The molecule has 0 bridgehead atoms. The lowest BCUT2D eigenvalue weighted by Crippen LogP contribution is -2.29. The van der Waals surface area contributed by atoms with Crippen molar-refractivity contribution in [2.75, 3.05) is 6.61 Å². The normalized spacial score (nSPS) is 23.7. The fraction of sp³-hybridized carbons (Fsp3) is 0.640. The average Bonchev–Trinajstić information content (AvgIpc) is 3.00. The van der Waals surface area contributed by atoms with E-state index in [1.807, 2.05) is 26.0 Å². The van der Waals surface area contributed by atoms with Crippen LogP contribution in [0.15, 0.2) is 42.5 Å². The molecule has 7 heteroatoms. The Hall–Kier alpha value is -1.99. The number of benzene rings is 1. The van der Waals surface area contributed by atoms with Gasteiger partial charge in [-0.05, 0) is 69.9 Å². The summed E-state index contributed by atoms with van der Waals surface area (Å²) in [6.45, 7) is 2.90. The molecule has 0 heterocycles. The van der Waals surface area contributed by atoms with Gasteiger partial charge in [-0.1, -0.05) is 30.4 Å². The van der Waals surface area contributed by atoms with Crippen LogP contribution in [0.4, 0.5) is 8.78 Å². The molecule has 1 saturated carbocycles. The van der Waals surface area contributed by atoms with Gasteiger partial charge in [-0.2, -0.15) is 0 Å². The quantitative estimate of drug-likeness (QED) is 0.252. The molecular formula is C25H36F2O5. The van der Waals surface area contributed by atoms with Crippen LogP contribution in [0.2, 0.25) is 0 Å². The Kier molecular flexibility index (Phi) is 10.6. The van der Waals surface area contributed by atoms with Gasteiger partial charge in [-0.3, -0.25) is 4.79 Å². The second-order valence-corrected chi connectivity index (χ2v) is 8.83. The molecule has 1 aromatic rings. The van der Waals surface area contributed by atoms with Crippen LogP contribution in [0.25, 0.3) is 0 Å². The van der Waals surface area contributed by atoms with E-state index in [2.05, 4.69) is 0 Å². The van der Waals surface area contributed by atoms with Crippen molar-refractivity contribution in [3.63, 3.8) is 0 Å². The summed E-state index contributed by atoms with van der Waals surface area (Å²) in [5.41, 5.74) is 0. The zero-order valence-corrected chi connectivity index (χ0v) is 19.0. The van der Waals surface area contributed by atoms with Gasteiger partial charge in [0.2, 0.25) is 0 Å². The minimum Gasteiger partial charge on any atom is -0.487 e. The average molecular weight is 455 g/mol. The molecule has 0 radical (unpaired) electrons. The minimum absolute atomic E-state index is 0.114. The maximum atomic E-state index is 14.3. The maximum absolute atomic E-state index is 14.3. The molecule has 0 aliphatic heterocycles. The van der Waals surface area contributed by atoms with Crippen LogP contribution in [0.1, 0.15) is 58.8 Å². The van der Waals surface area contributed by atoms with Crippen molar-refractivity contribution in [3.8, 4) is 5.75 Å². The standard InChI is InChI=1S/C25H36F2O5/c1-18(2)32-24(30)13-9-4-3-8-12-20-21(23(29)16-22(20)28)14-15-25(26,27)17-31-19-10-6-5-7-11-19/h3,5-8,10-11,18,20-23,28-29H,4,9,12-17H2,1-2H3/b8-3-/t20-,21-,22+,23-/m1/s1. The van der Waals surface area contributed by atoms with E-state index in [1.54, 1.807) is 30.3 Å². The van der Waals surface area contributed by atoms with Crippen molar-refractivity contribution in [2.45, 2.75) is 83.0 Å². The highest BCUT2D eigenvalue weighted by Crippen LogP contribution is 2.40. The lowest BCUT2D eigenvalue weighted by Gasteiger charge is -2.25. The number of hydrogen-bond donors (Lipinski definition) is 2. The topological polar surface area (TPSA) is 76.0 Å². The third kappa shape index (κ3) is 9.25. The first-order valence-electron chi connectivity index (χ1n) is 11.4. The number of hydrogen-bond acceptors (Lipinski definition) is 5. The molecule has 0 saturated heterocycles. The summed E-state index contributed by atoms with van der Waals surface area (Å²) >= 11 is 0. The van der Waals surface area contributed by atoms with Crippen molar-refractivity contribution in [3.05, 3.63) is 42.5 Å². The fourth-order valence-corrected chi connectivity index (χ4v) is 4.12. The third-order valence-electron chi connectivity index (χ3n) is 5.75. The zero-order chi connectivity index (χ0) is 23.6. The van der Waals surface area contributed by atoms with Gasteiger partial charge < -0.3 is 19.7 Å². The van der Waals surface area contributed by atoms with Crippen LogP contribution in [0, 0.1) is 11.8 Å². The van der Waals surface area contributed by atoms with Crippen LogP contribution in [-0.4, -0.2) is 47.0 Å². The predicted octanol–water partition coefficient (Wildman–Crippen LogP) is 4.91. The predicted molar refractivity (Wildman–Crippen MR) is 119 cm³/mol. The first-order valence-corrected chi connectivity index (χ1v) is 11.4. The van der Waals surface area contributed by atoms with E-state index < -0.39 is 37.1 Å². The number of esters is 1. The molecule has 2 rings (SSSR count). The molecule has 0 unspecified atom stereocenters. The summed E-state index contributed by atoms with van der Waals surface area (Å²) in [6.07, 6.45) is 4.32. The van der Waals surface area contributed by atoms with Gasteiger partial charge in [0, 0.05) is 12.8 Å². The lowest BCUT2D eigenvalue weighted by atomic mass is 9.86. The van der Waals surface area contributed by atoms with Crippen LogP contribution in [0.5, 0.6) is 5.75 Å². The molecule has 180 valence electrons. The van der Waals surface area contributed by atoms with Crippen LogP contribution < -0.4 is 4.74 Å². The van der Waals surface area contributed by atoms with Crippen molar-refractivity contribution < 1.29 is 33.3 Å². The molecule has 1 aliphatic rings. The summed E-state index contributed by atoms with van der Waals surface area (Å²) in [6, 6.07) is 8.48. The second-order valence-electron chi connectivity index (χ2n) is 8.83. The van der Waals surface area contributed by atoms with E-state index >= 15 is 0 Å². The summed E-state index contributed by atoms with van der Waals surface area (Å²) in [7, 11) is 0. The highest BCUT2D eigenvalue weighted by Gasteiger charge is 2.42. The molecule has 2 N–H and O–H groups in total. The summed E-state index contributed by atoms with van der Waals surface area (Å²) in [4.78, 5) is 11.5. The SMILES string of the molecule is CC(C)OC(=O)CCC/C=C\C[C@@H]1[C@@H](CCC(F)(F)COc2ccccc2)[C@H](O)C[C@@H]1O. The molecule has 1 aromatic carbocycles. The Labute approximate surface area is 189 Å². The number of carbonyl (C=O) groups excluding carboxylic acids is 1. The first-order chi connectivity index (χ1) is 15.2. The number of aliphatic hydroxyl groups excluding tert-OH is 2. The number of halogens is 2. The molecule has 32 heavy (non-hydrogen) atoms. The lowest BCUT2D eigenvalue weighted by molar-refractivity contribution is -0.147. The van der Waals surface area contributed by atoms with Crippen molar-refractivity contribution in [1.82, 2.24) is 0 Å². The van der Waals surface area contributed by atoms with Gasteiger partial charge in [0.25, 0.3) is 5.92 Å². The van der Waals surface area contributed by atoms with Gasteiger partial charge in [0.1, 0.15) is 5.75 Å². The molecule has 0 aromatic heterocycles. The number of rotatable bonds is 13. The van der Waals surface area contributed by atoms with E-state index in [9.17, 15) is 23.8 Å². The first kappa shape index (κ1) is 26.3. The van der Waals surface area contributed by atoms with E-state index in [4.69, 9.17) is 9.47 Å². The number of aliphatic hydroxyl groups is 2. The molecule has 1 fully saturated rings. The van der Waals surface area contributed by atoms with E-state index in [0.29, 0.717) is 31.4 Å². The Balaban J connectivity index is 1.76. The number of allylic oxidation sites excluding steroid dienone is 2. The Bertz CT molecular complexity index is 708. The largest absolute Gasteiger partial charge is 0.487 e. The minimum atomic E-state index is -3.02.